The van der Waals surface area contributed by atoms with Crippen molar-refractivity contribution in [2.75, 3.05) is 56.7 Å². The predicted octanol–water partition coefficient (Wildman–Crippen LogP) is 5.27. The molecule has 10 heteroatoms. The largest absolute Gasteiger partial charge is 0.416 e. The van der Waals surface area contributed by atoms with E-state index in [4.69, 9.17) is 4.74 Å². The number of nitrogens with one attached hydrogen (secondary N) is 1. The number of halogens is 3. The summed E-state index contributed by atoms with van der Waals surface area (Å²) < 4.78 is 44.6. The highest BCUT2D eigenvalue weighted by molar-refractivity contribution is 5.99. The van der Waals surface area contributed by atoms with Crippen LogP contribution in [0.25, 0.3) is 0 Å². The van der Waals surface area contributed by atoms with Gasteiger partial charge in [-0.3, -0.25) is 9.59 Å². The number of fused-ring (bicyclic) bond motifs is 1. The lowest BCUT2D eigenvalue weighted by atomic mass is 10.1. The molecular formula is C30H31F3N4O3. The van der Waals surface area contributed by atoms with E-state index in [1.165, 1.54) is 6.07 Å². The highest BCUT2D eigenvalue weighted by Gasteiger charge is 2.36. The van der Waals surface area contributed by atoms with Crippen molar-refractivity contribution in [2.45, 2.75) is 18.8 Å². The summed E-state index contributed by atoms with van der Waals surface area (Å²) in [6.07, 6.45) is -4.08. The molecule has 210 valence electrons. The van der Waals surface area contributed by atoms with E-state index in [1.54, 1.807) is 41.2 Å². The molecule has 2 heterocycles. The number of hydrogen-bond acceptors (Lipinski definition) is 5. The molecule has 5 rings (SSSR count). The fourth-order valence-electron chi connectivity index (χ4n) is 5.26. The lowest BCUT2D eigenvalue weighted by molar-refractivity contribution is -0.137. The quantitative estimate of drug-likeness (QED) is 0.386. The fourth-order valence-corrected chi connectivity index (χ4v) is 5.26. The second kappa shape index (κ2) is 11.6. The number of benzene rings is 3. The maximum atomic E-state index is 13.4. The Bertz CT molecular complexity index is 1370. The molecule has 2 aliphatic rings. The molecule has 0 aromatic heterocycles. The maximum Gasteiger partial charge on any atom is 0.416 e. The number of carbonyl (C=O) groups is 2. The van der Waals surface area contributed by atoms with Crippen LogP contribution in [0.1, 0.15) is 44.4 Å². The second-order valence-electron chi connectivity index (χ2n) is 9.89. The number of hydrogen-bond donors (Lipinski definition) is 1. The van der Waals surface area contributed by atoms with Crippen LogP contribution in [0, 0.1) is 0 Å². The third kappa shape index (κ3) is 5.77. The summed E-state index contributed by atoms with van der Waals surface area (Å²) in [6.45, 7) is 2.71. The SMILES string of the molecule is COCCCN1C(=O)c2ccccc2C1Nc1cccc(C(=O)N2CCN(c3cccc(C(F)(F)F)c3)CC2)c1. The zero-order chi connectivity index (χ0) is 28.3. The van der Waals surface area contributed by atoms with E-state index in [1.807, 2.05) is 35.2 Å². The van der Waals surface area contributed by atoms with E-state index >= 15 is 0 Å². The molecule has 3 aromatic rings. The Balaban J connectivity index is 1.26. The molecule has 1 unspecified atom stereocenters. The van der Waals surface area contributed by atoms with Gasteiger partial charge in [0.25, 0.3) is 11.8 Å². The van der Waals surface area contributed by atoms with Crippen LogP contribution in [-0.4, -0.2) is 68.1 Å². The molecule has 2 aliphatic heterocycles. The van der Waals surface area contributed by atoms with Gasteiger partial charge in [0, 0.05) is 74.5 Å². The van der Waals surface area contributed by atoms with Crippen molar-refractivity contribution in [3.8, 4) is 0 Å². The van der Waals surface area contributed by atoms with Gasteiger partial charge in [-0.1, -0.05) is 30.3 Å². The third-order valence-corrected chi connectivity index (χ3v) is 7.32. The number of alkyl halides is 3. The molecule has 2 amide bonds. The first-order valence-electron chi connectivity index (χ1n) is 13.2. The van der Waals surface area contributed by atoms with E-state index < -0.39 is 11.7 Å². The van der Waals surface area contributed by atoms with Gasteiger partial charge in [0.1, 0.15) is 6.17 Å². The minimum absolute atomic E-state index is 0.0462. The lowest BCUT2D eigenvalue weighted by Gasteiger charge is -2.36. The van der Waals surface area contributed by atoms with Crippen molar-refractivity contribution in [2.24, 2.45) is 0 Å². The summed E-state index contributed by atoms with van der Waals surface area (Å²) in [4.78, 5) is 31.8. The van der Waals surface area contributed by atoms with E-state index in [2.05, 4.69) is 5.32 Å². The zero-order valence-electron chi connectivity index (χ0n) is 22.2. The number of ether oxygens (including phenoxy) is 1. The van der Waals surface area contributed by atoms with Gasteiger partial charge >= 0.3 is 6.18 Å². The Hall–Kier alpha value is -4.05. The van der Waals surface area contributed by atoms with Crippen LogP contribution in [-0.2, 0) is 10.9 Å². The molecular weight excluding hydrogens is 521 g/mol. The van der Waals surface area contributed by atoms with Crippen molar-refractivity contribution in [3.63, 3.8) is 0 Å². The molecule has 3 aromatic carbocycles. The Morgan fingerprint density at radius 1 is 0.975 bits per heavy atom. The lowest BCUT2D eigenvalue weighted by Crippen LogP contribution is -2.48. The number of piperazine rings is 1. The summed E-state index contributed by atoms with van der Waals surface area (Å²) in [7, 11) is 1.63. The number of rotatable bonds is 8. The van der Waals surface area contributed by atoms with Crippen LogP contribution in [0.2, 0.25) is 0 Å². The molecule has 7 nitrogen and oxygen atoms in total. The van der Waals surface area contributed by atoms with E-state index in [0.29, 0.717) is 68.3 Å². The monoisotopic (exact) mass is 552 g/mol. The van der Waals surface area contributed by atoms with Gasteiger partial charge in [-0.2, -0.15) is 13.2 Å². The summed E-state index contributed by atoms with van der Waals surface area (Å²) in [5.41, 5.74) is 2.56. The van der Waals surface area contributed by atoms with Crippen molar-refractivity contribution in [1.82, 2.24) is 9.80 Å². The zero-order valence-corrected chi connectivity index (χ0v) is 22.2. The van der Waals surface area contributed by atoms with E-state index in [9.17, 15) is 22.8 Å². The topological polar surface area (TPSA) is 65.1 Å². The van der Waals surface area contributed by atoms with Crippen molar-refractivity contribution in [3.05, 3.63) is 95.1 Å². The smallest absolute Gasteiger partial charge is 0.385 e. The minimum atomic E-state index is -4.40. The molecule has 40 heavy (non-hydrogen) atoms. The molecule has 1 N–H and O–H groups in total. The van der Waals surface area contributed by atoms with Gasteiger partial charge in [0.2, 0.25) is 0 Å². The predicted molar refractivity (Wildman–Crippen MR) is 146 cm³/mol. The second-order valence-corrected chi connectivity index (χ2v) is 9.89. The molecule has 0 radical (unpaired) electrons. The van der Waals surface area contributed by atoms with E-state index in [0.717, 1.165) is 17.7 Å². The molecule has 0 spiro atoms. The van der Waals surface area contributed by atoms with Crippen LogP contribution in [0.3, 0.4) is 0 Å². The first kappa shape index (κ1) is 27.5. The van der Waals surface area contributed by atoms with E-state index in [-0.39, 0.29) is 18.0 Å². The average molecular weight is 553 g/mol. The highest BCUT2D eigenvalue weighted by Crippen LogP contribution is 2.35. The normalized spacial score (nSPS) is 17.2. The molecule has 0 bridgehead atoms. The Morgan fingerprint density at radius 3 is 2.48 bits per heavy atom. The number of carbonyl (C=O) groups excluding carboxylic acids is 2. The molecule has 0 aliphatic carbocycles. The fraction of sp³-hybridized carbons (Fsp3) is 0.333. The van der Waals surface area contributed by atoms with Crippen LogP contribution < -0.4 is 10.2 Å². The molecule has 1 saturated heterocycles. The summed E-state index contributed by atoms with van der Waals surface area (Å²) >= 11 is 0. The van der Waals surface area contributed by atoms with Crippen LogP contribution in [0.5, 0.6) is 0 Å². The number of nitrogens with zero attached hydrogens (tertiary/aromatic N) is 3. The van der Waals surface area contributed by atoms with Crippen molar-refractivity contribution in [1.29, 1.82) is 0 Å². The van der Waals surface area contributed by atoms with Crippen molar-refractivity contribution < 1.29 is 27.5 Å². The summed E-state index contributed by atoms with van der Waals surface area (Å²) in [5.74, 6) is -0.192. The van der Waals surface area contributed by atoms with Crippen LogP contribution >= 0.6 is 0 Å². The van der Waals surface area contributed by atoms with Gasteiger partial charge in [0.15, 0.2) is 0 Å². The van der Waals surface area contributed by atoms with Crippen LogP contribution in [0.4, 0.5) is 24.5 Å². The van der Waals surface area contributed by atoms with Gasteiger partial charge in [-0.25, -0.2) is 0 Å². The third-order valence-electron chi connectivity index (χ3n) is 7.32. The Morgan fingerprint density at radius 2 is 1.73 bits per heavy atom. The van der Waals surface area contributed by atoms with Gasteiger partial charge in [-0.15, -0.1) is 0 Å². The van der Waals surface area contributed by atoms with Gasteiger partial charge in [0.05, 0.1) is 5.56 Å². The Labute approximate surface area is 231 Å². The minimum Gasteiger partial charge on any atom is -0.385 e. The summed E-state index contributed by atoms with van der Waals surface area (Å²) in [6, 6.07) is 20.0. The first-order chi connectivity index (χ1) is 19.3. The summed E-state index contributed by atoms with van der Waals surface area (Å²) in [5, 5.41) is 3.44. The van der Waals surface area contributed by atoms with Crippen LogP contribution in [0.15, 0.2) is 72.8 Å². The molecule has 1 atom stereocenters. The average Bonchev–Trinajstić information content (AvgIpc) is 3.23. The highest BCUT2D eigenvalue weighted by atomic mass is 19.4. The van der Waals surface area contributed by atoms with Gasteiger partial charge < -0.3 is 24.8 Å². The number of methoxy groups -OCH3 is 1. The number of anilines is 2. The molecule has 1 fully saturated rings. The maximum absolute atomic E-state index is 13.4. The van der Waals surface area contributed by atoms with Gasteiger partial charge in [-0.05, 0) is 48.9 Å². The molecule has 0 saturated carbocycles. The standard InChI is InChI=1S/C30H31F3N4O3/c1-40-18-6-13-37-27(25-11-2-3-12-26(25)29(37)39)34-23-9-4-7-21(19-23)28(38)36-16-14-35(15-17-36)24-10-5-8-22(20-24)30(31,32)33/h2-5,7-12,19-20,27,34H,6,13-18H2,1H3. The Kier molecular flexibility index (Phi) is 7.97. The number of amides is 2. The first-order valence-corrected chi connectivity index (χ1v) is 13.2. The van der Waals surface area contributed by atoms with Crippen molar-refractivity contribution >= 4 is 23.2 Å².